The standard InChI is InChI=1S/C14H14ClNO2/c1-2-10-4-3-5-11(8-10)18-14-7-6-12(15)13(9-17)16-14/h3-8,17H,2,9H2,1H3. The van der Waals surface area contributed by atoms with Crippen molar-refractivity contribution in [2.24, 2.45) is 0 Å². The number of aromatic nitrogens is 1. The van der Waals surface area contributed by atoms with Crippen molar-refractivity contribution >= 4 is 11.6 Å². The molecule has 0 saturated carbocycles. The van der Waals surface area contributed by atoms with Crippen LogP contribution in [-0.2, 0) is 13.0 Å². The molecule has 0 fully saturated rings. The average Bonchev–Trinajstić information content (AvgIpc) is 2.41. The fourth-order valence-electron chi connectivity index (χ4n) is 1.58. The lowest BCUT2D eigenvalue weighted by atomic mass is 10.2. The largest absolute Gasteiger partial charge is 0.439 e. The molecular formula is C14H14ClNO2. The first-order valence-electron chi connectivity index (χ1n) is 5.76. The van der Waals surface area contributed by atoms with E-state index in [1.807, 2.05) is 24.3 Å². The fraction of sp³-hybridized carbons (Fsp3) is 0.214. The fourth-order valence-corrected chi connectivity index (χ4v) is 1.75. The Morgan fingerprint density at radius 2 is 2.11 bits per heavy atom. The normalized spacial score (nSPS) is 10.4. The lowest BCUT2D eigenvalue weighted by molar-refractivity contribution is 0.275. The summed E-state index contributed by atoms with van der Waals surface area (Å²) < 4.78 is 5.64. The van der Waals surface area contributed by atoms with Gasteiger partial charge < -0.3 is 9.84 Å². The number of aryl methyl sites for hydroxylation is 1. The Morgan fingerprint density at radius 3 is 2.83 bits per heavy atom. The Kier molecular flexibility index (Phi) is 4.18. The molecule has 0 saturated heterocycles. The molecule has 0 atom stereocenters. The number of pyridine rings is 1. The van der Waals surface area contributed by atoms with E-state index in [4.69, 9.17) is 21.4 Å². The molecular weight excluding hydrogens is 250 g/mol. The van der Waals surface area contributed by atoms with Gasteiger partial charge in [0, 0.05) is 6.07 Å². The summed E-state index contributed by atoms with van der Waals surface area (Å²) in [6.45, 7) is 1.88. The number of aliphatic hydroxyl groups excluding tert-OH is 1. The molecule has 1 aromatic heterocycles. The van der Waals surface area contributed by atoms with Gasteiger partial charge in [0.15, 0.2) is 0 Å². The van der Waals surface area contributed by atoms with Crippen molar-refractivity contribution in [3.05, 3.63) is 52.7 Å². The summed E-state index contributed by atoms with van der Waals surface area (Å²) in [4.78, 5) is 4.14. The van der Waals surface area contributed by atoms with E-state index in [0.29, 0.717) is 16.6 Å². The van der Waals surface area contributed by atoms with Crippen molar-refractivity contribution in [3.8, 4) is 11.6 Å². The van der Waals surface area contributed by atoms with Gasteiger partial charge in [-0.2, -0.15) is 0 Å². The molecule has 18 heavy (non-hydrogen) atoms. The molecule has 0 aliphatic carbocycles. The van der Waals surface area contributed by atoms with Crippen LogP contribution >= 0.6 is 11.6 Å². The molecule has 0 radical (unpaired) electrons. The van der Waals surface area contributed by atoms with Gasteiger partial charge in [-0.25, -0.2) is 4.98 Å². The Balaban J connectivity index is 2.22. The van der Waals surface area contributed by atoms with Crippen LogP contribution in [-0.4, -0.2) is 10.1 Å². The highest BCUT2D eigenvalue weighted by molar-refractivity contribution is 6.31. The van der Waals surface area contributed by atoms with Crippen LogP contribution in [0.3, 0.4) is 0 Å². The molecule has 94 valence electrons. The molecule has 0 bridgehead atoms. The predicted molar refractivity (Wildman–Crippen MR) is 71.1 cm³/mol. The van der Waals surface area contributed by atoms with Gasteiger partial charge >= 0.3 is 0 Å². The molecule has 4 heteroatoms. The molecule has 1 heterocycles. The van der Waals surface area contributed by atoms with E-state index in [1.165, 1.54) is 5.56 Å². The minimum Gasteiger partial charge on any atom is -0.439 e. The van der Waals surface area contributed by atoms with Crippen LogP contribution in [0.15, 0.2) is 36.4 Å². The average molecular weight is 264 g/mol. The maximum Gasteiger partial charge on any atom is 0.219 e. The lowest BCUT2D eigenvalue weighted by Gasteiger charge is -2.08. The predicted octanol–water partition coefficient (Wildman–Crippen LogP) is 3.58. The highest BCUT2D eigenvalue weighted by Crippen LogP contribution is 2.23. The maximum absolute atomic E-state index is 9.09. The zero-order valence-electron chi connectivity index (χ0n) is 10.1. The van der Waals surface area contributed by atoms with Gasteiger partial charge in [-0.05, 0) is 30.2 Å². The van der Waals surface area contributed by atoms with E-state index in [0.717, 1.165) is 12.2 Å². The van der Waals surface area contributed by atoms with Crippen molar-refractivity contribution in [3.63, 3.8) is 0 Å². The van der Waals surface area contributed by atoms with Crippen LogP contribution in [0.5, 0.6) is 11.6 Å². The second-order valence-electron chi connectivity index (χ2n) is 3.84. The van der Waals surface area contributed by atoms with Crippen LogP contribution in [0.2, 0.25) is 5.02 Å². The SMILES string of the molecule is CCc1cccc(Oc2ccc(Cl)c(CO)n2)c1. The van der Waals surface area contributed by atoms with Gasteiger partial charge in [0.1, 0.15) is 5.75 Å². The molecule has 0 unspecified atom stereocenters. The van der Waals surface area contributed by atoms with Gasteiger partial charge in [0.25, 0.3) is 0 Å². The number of hydrogen-bond acceptors (Lipinski definition) is 3. The second-order valence-corrected chi connectivity index (χ2v) is 4.25. The molecule has 1 aromatic carbocycles. The molecule has 2 rings (SSSR count). The third kappa shape index (κ3) is 3.00. The van der Waals surface area contributed by atoms with Crippen LogP contribution < -0.4 is 4.74 Å². The van der Waals surface area contributed by atoms with E-state index < -0.39 is 0 Å². The summed E-state index contributed by atoms with van der Waals surface area (Å²) in [6.07, 6.45) is 0.952. The Hall–Kier alpha value is -1.58. The number of halogens is 1. The number of nitrogens with zero attached hydrogens (tertiary/aromatic N) is 1. The van der Waals surface area contributed by atoms with E-state index in [-0.39, 0.29) is 6.61 Å². The summed E-state index contributed by atoms with van der Waals surface area (Å²) in [6, 6.07) is 11.2. The van der Waals surface area contributed by atoms with E-state index >= 15 is 0 Å². The highest BCUT2D eigenvalue weighted by atomic mass is 35.5. The highest BCUT2D eigenvalue weighted by Gasteiger charge is 2.05. The van der Waals surface area contributed by atoms with Crippen molar-refractivity contribution < 1.29 is 9.84 Å². The smallest absolute Gasteiger partial charge is 0.219 e. The van der Waals surface area contributed by atoms with Crippen LogP contribution in [0, 0.1) is 0 Å². The molecule has 0 aliphatic rings. The molecule has 0 spiro atoms. The molecule has 0 aliphatic heterocycles. The second kappa shape index (κ2) is 5.85. The molecule has 0 amide bonds. The van der Waals surface area contributed by atoms with Crippen molar-refractivity contribution in [2.45, 2.75) is 20.0 Å². The van der Waals surface area contributed by atoms with Gasteiger partial charge in [-0.1, -0.05) is 30.7 Å². The first-order valence-corrected chi connectivity index (χ1v) is 6.13. The number of hydrogen-bond donors (Lipinski definition) is 1. The monoisotopic (exact) mass is 263 g/mol. The number of aliphatic hydroxyl groups is 1. The van der Waals surface area contributed by atoms with Crippen molar-refractivity contribution in [1.29, 1.82) is 0 Å². The van der Waals surface area contributed by atoms with Gasteiger partial charge in [0.05, 0.1) is 17.3 Å². The number of benzene rings is 1. The number of rotatable bonds is 4. The minimum atomic E-state index is -0.203. The lowest BCUT2D eigenvalue weighted by Crippen LogP contribution is -1.94. The minimum absolute atomic E-state index is 0.203. The number of ether oxygens (including phenoxy) is 1. The molecule has 1 N–H and O–H groups in total. The summed E-state index contributed by atoms with van der Waals surface area (Å²) in [7, 11) is 0. The van der Waals surface area contributed by atoms with Crippen molar-refractivity contribution in [1.82, 2.24) is 4.98 Å². The summed E-state index contributed by atoms with van der Waals surface area (Å²) >= 11 is 5.87. The van der Waals surface area contributed by atoms with E-state index in [1.54, 1.807) is 12.1 Å². The zero-order chi connectivity index (χ0) is 13.0. The Bertz CT molecular complexity index is 543. The Labute approximate surface area is 111 Å². The summed E-state index contributed by atoms with van der Waals surface area (Å²) in [5.74, 6) is 1.16. The zero-order valence-corrected chi connectivity index (χ0v) is 10.8. The van der Waals surface area contributed by atoms with E-state index in [2.05, 4.69) is 11.9 Å². The summed E-state index contributed by atoms with van der Waals surface area (Å²) in [5.41, 5.74) is 1.62. The molecule has 3 nitrogen and oxygen atoms in total. The van der Waals surface area contributed by atoms with Crippen LogP contribution in [0.1, 0.15) is 18.2 Å². The third-order valence-corrected chi connectivity index (χ3v) is 2.92. The third-order valence-electron chi connectivity index (χ3n) is 2.57. The van der Waals surface area contributed by atoms with Crippen LogP contribution in [0.4, 0.5) is 0 Å². The Morgan fingerprint density at radius 1 is 1.28 bits per heavy atom. The maximum atomic E-state index is 9.09. The molecule has 2 aromatic rings. The van der Waals surface area contributed by atoms with Gasteiger partial charge in [-0.3, -0.25) is 0 Å². The summed E-state index contributed by atoms with van der Waals surface area (Å²) in [5, 5.41) is 9.53. The van der Waals surface area contributed by atoms with Crippen LogP contribution in [0.25, 0.3) is 0 Å². The van der Waals surface area contributed by atoms with E-state index in [9.17, 15) is 0 Å². The first-order chi connectivity index (χ1) is 8.72. The van der Waals surface area contributed by atoms with Gasteiger partial charge in [-0.15, -0.1) is 0 Å². The van der Waals surface area contributed by atoms with Crippen molar-refractivity contribution in [2.75, 3.05) is 0 Å². The first kappa shape index (κ1) is 12.9. The topological polar surface area (TPSA) is 42.4 Å². The van der Waals surface area contributed by atoms with Gasteiger partial charge in [0.2, 0.25) is 5.88 Å². The quantitative estimate of drug-likeness (QED) is 0.917.